The lowest BCUT2D eigenvalue weighted by molar-refractivity contribution is -0.117. The first-order valence-corrected chi connectivity index (χ1v) is 6.12. The standard InChI is InChI=1S/C12H22N4O/c1-8(2)5-6-16-12(9(3)4)10(14-15-16)7-11(13)17/h8-9H,5-7H2,1-4H3,(H2,13,17). The Hall–Kier alpha value is -1.39. The molecule has 96 valence electrons. The molecule has 0 aliphatic carbocycles. The van der Waals surface area contributed by atoms with Crippen LogP contribution in [0.4, 0.5) is 0 Å². The van der Waals surface area contributed by atoms with Gasteiger partial charge in [0.1, 0.15) is 0 Å². The van der Waals surface area contributed by atoms with Crippen LogP contribution in [-0.2, 0) is 17.8 Å². The Kier molecular flexibility index (Phi) is 4.66. The molecule has 0 fully saturated rings. The van der Waals surface area contributed by atoms with Crippen LogP contribution < -0.4 is 5.73 Å². The van der Waals surface area contributed by atoms with Crippen molar-refractivity contribution < 1.29 is 4.79 Å². The van der Waals surface area contributed by atoms with E-state index in [2.05, 4.69) is 38.0 Å². The molecule has 1 amide bonds. The summed E-state index contributed by atoms with van der Waals surface area (Å²) in [5.41, 5.74) is 6.96. The van der Waals surface area contributed by atoms with Gasteiger partial charge in [0, 0.05) is 6.54 Å². The molecule has 2 N–H and O–H groups in total. The van der Waals surface area contributed by atoms with Crippen LogP contribution in [0, 0.1) is 5.92 Å². The Labute approximate surface area is 102 Å². The SMILES string of the molecule is CC(C)CCn1nnc(CC(N)=O)c1C(C)C. The molecule has 0 saturated heterocycles. The Morgan fingerprint density at radius 3 is 2.47 bits per heavy atom. The molecule has 1 rings (SSSR count). The monoisotopic (exact) mass is 238 g/mol. The highest BCUT2D eigenvalue weighted by Crippen LogP contribution is 2.19. The number of nitrogens with zero attached hydrogens (tertiary/aromatic N) is 3. The molecular formula is C12H22N4O. The minimum absolute atomic E-state index is 0.176. The number of nitrogens with two attached hydrogens (primary N) is 1. The molecule has 1 heterocycles. The fourth-order valence-electron chi connectivity index (χ4n) is 1.82. The number of aryl methyl sites for hydroxylation is 1. The highest BCUT2D eigenvalue weighted by atomic mass is 16.1. The van der Waals surface area contributed by atoms with Gasteiger partial charge in [-0.3, -0.25) is 4.79 Å². The topological polar surface area (TPSA) is 73.8 Å². The third-order valence-electron chi connectivity index (χ3n) is 2.65. The fraction of sp³-hybridized carbons (Fsp3) is 0.750. The lowest BCUT2D eigenvalue weighted by atomic mass is 10.1. The van der Waals surface area contributed by atoms with Crippen LogP contribution in [0.2, 0.25) is 0 Å². The molecule has 0 unspecified atom stereocenters. The smallest absolute Gasteiger partial charge is 0.223 e. The molecule has 1 aromatic rings. The number of amides is 1. The second kappa shape index (κ2) is 5.80. The molecule has 0 atom stereocenters. The summed E-state index contributed by atoms with van der Waals surface area (Å²) in [6.45, 7) is 9.35. The Morgan fingerprint density at radius 2 is 2.00 bits per heavy atom. The van der Waals surface area contributed by atoms with Gasteiger partial charge in [-0.2, -0.15) is 0 Å². The number of rotatable bonds is 6. The van der Waals surface area contributed by atoms with Crippen molar-refractivity contribution in [2.75, 3.05) is 0 Å². The minimum atomic E-state index is -0.359. The van der Waals surface area contributed by atoms with Crippen molar-refractivity contribution >= 4 is 5.91 Å². The average Bonchev–Trinajstić information content (AvgIpc) is 2.56. The van der Waals surface area contributed by atoms with Crippen molar-refractivity contribution in [1.82, 2.24) is 15.0 Å². The van der Waals surface area contributed by atoms with Crippen LogP contribution in [0.1, 0.15) is 51.4 Å². The van der Waals surface area contributed by atoms with Crippen LogP contribution >= 0.6 is 0 Å². The predicted octanol–water partition coefficient (Wildman–Crippen LogP) is 1.48. The van der Waals surface area contributed by atoms with Crippen molar-refractivity contribution in [3.8, 4) is 0 Å². The lowest BCUT2D eigenvalue weighted by Crippen LogP contribution is -2.16. The van der Waals surface area contributed by atoms with Crippen molar-refractivity contribution in [2.24, 2.45) is 11.7 Å². The van der Waals surface area contributed by atoms with Crippen molar-refractivity contribution in [1.29, 1.82) is 0 Å². The average molecular weight is 238 g/mol. The Morgan fingerprint density at radius 1 is 1.35 bits per heavy atom. The number of hydrogen-bond donors (Lipinski definition) is 1. The van der Waals surface area contributed by atoms with Crippen LogP contribution in [0.3, 0.4) is 0 Å². The fourth-order valence-corrected chi connectivity index (χ4v) is 1.82. The van der Waals surface area contributed by atoms with E-state index in [0.717, 1.165) is 24.4 Å². The van der Waals surface area contributed by atoms with Gasteiger partial charge >= 0.3 is 0 Å². The summed E-state index contributed by atoms with van der Waals surface area (Å²) < 4.78 is 1.91. The summed E-state index contributed by atoms with van der Waals surface area (Å²) >= 11 is 0. The number of carbonyl (C=O) groups excluding carboxylic acids is 1. The zero-order chi connectivity index (χ0) is 13.0. The molecule has 0 aliphatic heterocycles. The predicted molar refractivity (Wildman–Crippen MR) is 66.5 cm³/mol. The highest BCUT2D eigenvalue weighted by molar-refractivity contribution is 5.76. The molecule has 5 nitrogen and oxygen atoms in total. The molecule has 1 aromatic heterocycles. The van der Waals surface area contributed by atoms with Crippen LogP contribution in [0.5, 0.6) is 0 Å². The summed E-state index contributed by atoms with van der Waals surface area (Å²) in [6, 6.07) is 0. The molecule has 0 spiro atoms. The summed E-state index contributed by atoms with van der Waals surface area (Å²) in [7, 11) is 0. The maximum Gasteiger partial charge on any atom is 0.223 e. The van der Waals surface area contributed by atoms with Crippen LogP contribution in [-0.4, -0.2) is 20.9 Å². The third-order valence-corrected chi connectivity index (χ3v) is 2.65. The van der Waals surface area contributed by atoms with Crippen molar-refractivity contribution in [2.45, 2.75) is 53.0 Å². The Bertz CT molecular complexity index is 382. The van der Waals surface area contributed by atoms with E-state index < -0.39 is 0 Å². The summed E-state index contributed by atoms with van der Waals surface area (Å²) in [6.07, 6.45) is 1.23. The summed E-state index contributed by atoms with van der Waals surface area (Å²) in [5, 5.41) is 8.19. The first-order chi connectivity index (χ1) is 7.91. The number of aromatic nitrogens is 3. The van der Waals surface area contributed by atoms with E-state index in [-0.39, 0.29) is 12.3 Å². The van der Waals surface area contributed by atoms with Crippen molar-refractivity contribution in [3.05, 3.63) is 11.4 Å². The normalized spacial score (nSPS) is 11.4. The first-order valence-electron chi connectivity index (χ1n) is 6.12. The zero-order valence-corrected chi connectivity index (χ0v) is 11.1. The molecule has 0 saturated carbocycles. The van der Waals surface area contributed by atoms with E-state index in [1.807, 2.05) is 4.68 Å². The largest absolute Gasteiger partial charge is 0.369 e. The lowest BCUT2D eigenvalue weighted by Gasteiger charge is -2.11. The third kappa shape index (κ3) is 3.84. The van der Waals surface area contributed by atoms with E-state index in [1.165, 1.54) is 0 Å². The van der Waals surface area contributed by atoms with Crippen molar-refractivity contribution in [3.63, 3.8) is 0 Å². The second-order valence-corrected chi connectivity index (χ2v) is 5.12. The molecule has 5 heteroatoms. The summed E-state index contributed by atoms with van der Waals surface area (Å²) in [4.78, 5) is 11.0. The van der Waals surface area contributed by atoms with E-state index >= 15 is 0 Å². The maximum absolute atomic E-state index is 11.0. The second-order valence-electron chi connectivity index (χ2n) is 5.12. The molecule has 17 heavy (non-hydrogen) atoms. The highest BCUT2D eigenvalue weighted by Gasteiger charge is 2.17. The molecule has 0 radical (unpaired) electrons. The van der Waals surface area contributed by atoms with Gasteiger partial charge < -0.3 is 5.73 Å². The van der Waals surface area contributed by atoms with Gasteiger partial charge in [-0.05, 0) is 18.3 Å². The van der Waals surface area contributed by atoms with E-state index in [0.29, 0.717) is 11.8 Å². The molecular weight excluding hydrogens is 216 g/mol. The van der Waals surface area contributed by atoms with E-state index in [1.54, 1.807) is 0 Å². The van der Waals surface area contributed by atoms with Gasteiger partial charge in [0.25, 0.3) is 0 Å². The van der Waals surface area contributed by atoms with Gasteiger partial charge in [-0.25, -0.2) is 4.68 Å². The number of carbonyl (C=O) groups is 1. The number of primary amides is 1. The van der Waals surface area contributed by atoms with Gasteiger partial charge in [-0.1, -0.05) is 32.9 Å². The quantitative estimate of drug-likeness (QED) is 0.815. The molecule has 0 bridgehead atoms. The van der Waals surface area contributed by atoms with Gasteiger partial charge in [-0.15, -0.1) is 5.10 Å². The van der Waals surface area contributed by atoms with Crippen LogP contribution in [0.15, 0.2) is 0 Å². The van der Waals surface area contributed by atoms with Gasteiger partial charge in [0.15, 0.2) is 0 Å². The number of hydrogen-bond acceptors (Lipinski definition) is 3. The zero-order valence-electron chi connectivity index (χ0n) is 11.1. The molecule has 0 aromatic carbocycles. The summed E-state index contributed by atoms with van der Waals surface area (Å²) in [5.74, 6) is 0.563. The minimum Gasteiger partial charge on any atom is -0.369 e. The van der Waals surface area contributed by atoms with Gasteiger partial charge in [0.2, 0.25) is 5.91 Å². The van der Waals surface area contributed by atoms with Crippen LogP contribution in [0.25, 0.3) is 0 Å². The van der Waals surface area contributed by atoms with Gasteiger partial charge in [0.05, 0.1) is 17.8 Å². The first kappa shape index (κ1) is 13.7. The Balaban J connectivity index is 2.90. The maximum atomic E-state index is 11.0. The van der Waals surface area contributed by atoms with E-state index in [9.17, 15) is 4.79 Å². The van der Waals surface area contributed by atoms with E-state index in [4.69, 9.17) is 5.73 Å². The molecule has 0 aliphatic rings.